The second kappa shape index (κ2) is 7.29. The zero-order valence-corrected chi connectivity index (χ0v) is 14.4. The van der Waals surface area contributed by atoms with Crippen LogP contribution in [0.1, 0.15) is 0 Å². The Kier molecular flexibility index (Phi) is 5.61. The molecule has 0 atom stereocenters. The third-order valence-corrected chi connectivity index (χ3v) is 4.05. The standard InChI is InChI=1S/C14H13BrClFN2O4/c1-23-14(22)8-6-19(2-3-20)13(21)11(8)18-12-9(15)4-7(16)5-10(12)17/h4-5,18,20H,2-3,6H2,1H3. The Morgan fingerprint density at radius 1 is 1.57 bits per heavy atom. The number of hydrogen-bond donors (Lipinski definition) is 2. The summed E-state index contributed by atoms with van der Waals surface area (Å²) in [5.74, 6) is -1.91. The smallest absolute Gasteiger partial charge is 0.337 e. The van der Waals surface area contributed by atoms with Gasteiger partial charge in [0.2, 0.25) is 0 Å². The van der Waals surface area contributed by atoms with Crippen LogP contribution >= 0.6 is 27.5 Å². The number of halogens is 3. The summed E-state index contributed by atoms with van der Waals surface area (Å²) in [6.45, 7) is -0.234. The van der Waals surface area contributed by atoms with Crippen molar-refractivity contribution in [1.82, 2.24) is 4.90 Å². The Balaban J connectivity index is 2.41. The van der Waals surface area contributed by atoms with Gasteiger partial charge in [-0.1, -0.05) is 11.6 Å². The molecule has 1 aromatic carbocycles. The van der Waals surface area contributed by atoms with Crippen molar-refractivity contribution in [3.8, 4) is 0 Å². The number of amides is 1. The Morgan fingerprint density at radius 3 is 2.83 bits per heavy atom. The first-order chi connectivity index (χ1) is 10.9. The number of aliphatic hydroxyl groups is 1. The fourth-order valence-electron chi connectivity index (χ4n) is 2.14. The molecule has 0 aliphatic carbocycles. The van der Waals surface area contributed by atoms with Gasteiger partial charge in [0, 0.05) is 16.0 Å². The molecule has 1 heterocycles. The number of β-amino-alcohol motifs (C(OH)–C–C–N with tert-alkyl or cyclic N) is 1. The summed E-state index contributed by atoms with van der Waals surface area (Å²) in [7, 11) is 1.19. The zero-order valence-electron chi connectivity index (χ0n) is 12.0. The van der Waals surface area contributed by atoms with Crippen LogP contribution in [-0.4, -0.2) is 48.7 Å². The zero-order chi connectivity index (χ0) is 17.1. The van der Waals surface area contributed by atoms with E-state index in [1.165, 1.54) is 18.1 Å². The second-order valence-corrected chi connectivity index (χ2v) is 5.96. The minimum absolute atomic E-state index is 0.0231. The molecule has 0 unspecified atom stereocenters. The van der Waals surface area contributed by atoms with E-state index in [9.17, 15) is 14.0 Å². The van der Waals surface area contributed by atoms with E-state index in [-0.39, 0.29) is 41.7 Å². The molecule has 9 heteroatoms. The lowest BCUT2D eigenvalue weighted by Crippen LogP contribution is -2.31. The molecule has 0 spiro atoms. The molecule has 2 rings (SSSR count). The summed E-state index contributed by atoms with van der Waals surface area (Å²) >= 11 is 8.90. The molecule has 23 heavy (non-hydrogen) atoms. The number of aliphatic hydroxyl groups excluding tert-OH is 1. The van der Waals surface area contributed by atoms with Gasteiger partial charge in [0.1, 0.15) is 11.5 Å². The van der Waals surface area contributed by atoms with Gasteiger partial charge in [-0.05, 0) is 28.1 Å². The van der Waals surface area contributed by atoms with Crippen LogP contribution < -0.4 is 5.32 Å². The number of methoxy groups -OCH3 is 1. The highest BCUT2D eigenvalue weighted by atomic mass is 79.9. The molecular weight excluding hydrogens is 395 g/mol. The predicted octanol–water partition coefficient (Wildman–Crippen LogP) is 1.92. The van der Waals surface area contributed by atoms with Gasteiger partial charge in [0.15, 0.2) is 0 Å². The number of ether oxygens (including phenoxy) is 1. The number of rotatable bonds is 5. The first-order valence-corrected chi connectivity index (χ1v) is 7.69. The molecule has 1 amide bonds. The highest BCUT2D eigenvalue weighted by Gasteiger charge is 2.35. The number of nitrogens with one attached hydrogen (secondary N) is 1. The van der Waals surface area contributed by atoms with E-state index in [0.29, 0.717) is 4.47 Å². The summed E-state index contributed by atoms with van der Waals surface area (Å²) in [4.78, 5) is 25.4. The molecule has 124 valence electrons. The highest BCUT2D eigenvalue weighted by molar-refractivity contribution is 9.10. The van der Waals surface area contributed by atoms with E-state index in [4.69, 9.17) is 16.7 Å². The molecule has 0 aromatic heterocycles. The van der Waals surface area contributed by atoms with Gasteiger partial charge in [-0.25, -0.2) is 9.18 Å². The molecule has 0 fully saturated rings. The van der Waals surface area contributed by atoms with Crippen molar-refractivity contribution in [2.24, 2.45) is 0 Å². The predicted molar refractivity (Wildman–Crippen MR) is 85.4 cm³/mol. The van der Waals surface area contributed by atoms with Crippen LogP contribution in [-0.2, 0) is 14.3 Å². The number of nitrogens with zero attached hydrogens (tertiary/aromatic N) is 1. The third kappa shape index (κ3) is 3.65. The van der Waals surface area contributed by atoms with Gasteiger partial charge in [-0.2, -0.15) is 0 Å². The van der Waals surface area contributed by atoms with E-state index in [0.717, 1.165) is 6.07 Å². The first-order valence-electron chi connectivity index (χ1n) is 6.52. The average molecular weight is 408 g/mol. The van der Waals surface area contributed by atoms with Gasteiger partial charge in [0.05, 0.1) is 31.5 Å². The quantitative estimate of drug-likeness (QED) is 0.729. The lowest BCUT2D eigenvalue weighted by Gasteiger charge is -2.15. The van der Waals surface area contributed by atoms with Crippen LogP contribution in [0, 0.1) is 5.82 Å². The summed E-state index contributed by atoms with van der Waals surface area (Å²) < 4.78 is 19.0. The topological polar surface area (TPSA) is 78.9 Å². The number of esters is 1. The van der Waals surface area contributed by atoms with E-state index in [1.54, 1.807) is 0 Å². The van der Waals surface area contributed by atoms with E-state index >= 15 is 0 Å². The third-order valence-electron chi connectivity index (χ3n) is 3.21. The summed E-state index contributed by atoms with van der Waals surface area (Å²) in [6.07, 6.45) is 0. The maximum absolute atomic E-state index is 14.1. The lowest BCUT2D eigenvalue weighted by molar-refractivity contribution is -0.136. The van der Waals surface area contributed by atoms with Crippen LogP contribution in [0.4, 0.5) is 10.1 Å². The Labute approximate surface area is 145 Å². The van der Waals surface area contributed by atoms with Crippen LogP contribution in [0.5, 0.6) is 0 Å². The van der Waals surface area contributed by atoms with Crippen molar-refractivity contribution < 1.29 is 23.8 Å². The molecule has 0 saturated carbocycles. The number of carbonyl (C=O) groups is 2. The van der Waals surface area contributed by atoms with Crippen molar-refractivity contribution >= 4 is 45.1 Å². The SMILES string of the molecule is COC(=O)C1=C(Nc2c(F)cc(Cl)cc2Br)C(=O)N(CCO)C1. The summed E-state index contributed by atoms with van der Waals surface area (Å²) in [5.41, 5.74) is -0.0515. The first kappa shape index (κ1) is 17.7. The molecule has 1 aliphatic heterocycles. The van der Waals surface area contributed by atoms with E-state index in [2.05, 4.69) is 26.0 Å². The van der Waals surface area contributed by atoms with Crippen molar-refractivity contribution in [1.29, 1.82) is 0 Å². The molecule has 0 radical (unpaired) electrons. The van der Waals surface area contributed by atoms with Crippen molar-refractivity contribution in [3.05, 3.63) is 38.7 Å². The van der Waals surface area contributed by atoms with E-state index < -0.39 is 17.7 Å². The van der Waals surface area contributed by atoms with Gasteiger partial charge in [-0.15, -0.1) is 0 Å². The molecule has 0 bridgehead atoms. The van der Waals surface area contributed by atoms with Crippen LogP contribution in [0.3, 0.4) is 0 Å². The Hall–Kier alpha value is -1.64. The Bertz CT molecular complexity index is 672. The fraction of sp³-hybridized carbons (Fsp3) is 0.286. The fourth-order valence-corrected chi connectivity index (χ4v) is 3.01. The number of benzene rings is 1. The van der Waals surface area contributed by atoms with E-state index in [1.807, 2.05) is 0 Å². The van der Waals surface area contributed by atoms with Gasteiger partial charge in [0.25, 0.3) is 5.91 Å². The summed E-state index contributed by atoms with van der Waals surface area (Å²) in [5, 5.41) is 11.8. The number of anilines is 1. The van der Waals surface area contributed by atoms with Crippen molar-refractivity contribution in [2.45, 2.75) is 0 Å². The van der Waals surface area contributed by atoms with Crippen molar-refractivity contribution in [2.75, 3.05) is 32.1 Å². The molecule has 1 aromatic rings. The summed E-state index contributed by atoms with van der Waals surface area (Å²) in [6, 6.07) is 2.54. The van der Waals surface area contributed by atoms with Gasteiger partial charge < -0.3 is 20.1 Å². The number of hydrogen-bond acceptors (Lipinski definition) is 5. The number of carbonyl (C=O) groups excluding carboxylic acids is 2. The molecule has 0 saturated heterocycles. The van der Waals surface area contributed by atoms with Gasteiger partial charge in [-0.3, -0.25) is 4.79 Å². The Morgan fingerprint density at radius 2 is 2.26 bits per heavy atom. The lowest BCUT2D eigenvalue weighted by atomic mass is 10.2. The molecule has 1 aliphatic rings. The largest absolute Gasteiger partial charge is 0.466 e. The highest BCUT2D eigenvalue weighted by Crippen LogP contribution is 2.32. The van der Waals surface area contributed by atoms with Crippen molar-refractivity contribution in [3.63, 3.8) is 0 Å². The minimum Gasteiger partial charge on any atom is -0.466 e. The molecule has 6 nitrogen and oxygen atoms in total. The molecule has 2 N–H and O–H groups in total. The van der Waals surface area contributed by atoms with Crippen LogP contribution in [0.15, 0.2) is 27.9 Å². The monoisotopic (exact) mass is 406 g/mol. The van der Waals surface area contributed by atoms with Crippen LogP contribution in [0.25, 0.3) is 0 Å². The second-order valence-electron chi connectivity index (χ2n) is 4.66. The average Bonchev–Trinajstić information content (AvgIpc) is 2.79. The maximum atomic E-state index is 14.1. The molecular formula is C14H13BrClFN2O4. The van der Waals surface area contributed by atoms with Crippen LogP contribution in [0.2, 0.25) is 5.02 Å². The van der Waals surface area contributed by atoms with Gasteiger partial charge >= 0.3 is 5.97 Å². The maximum Gasteiger partial charge on any atom is 0.337 e. The normalized spacial score (nSPS) is 14.5. The minimum atomic E-state index is -0.702.